The van der Waals surface area contributed by atoms with E-state index in [4.69, 9.17) is 0 Å². The van der Waals surface area contributed by atoms with Crippen molar-refractivity contribution in [1.82, 2.24) is 4.31 Å². The van der Waals surface area contributed by atoms with Gasteiger partial charge in [-0.1, -0.05) is 12.1 Å². The van der Waals surface area contributed by atoms with Gasteiger partial charge in [0.25, 0.3) is 0 Å². The summed E-state index contributed by atoms with van der Waals surface area (Å²) in [7, 11) is -3.36. The number of nitrogens with zero attached hydrogens (tertiary/aromatic N) is 1. The van der Waals surface area contributed by atoms with Gasteiger partial charge in [0.15, 0.2) is 0 Å². The SMILES string of the molecule is CC(C)(C)N(CCC(=O)Nc1ccccc1Br)S(C)(=O)=O. The molecule has 1 aromatic rings. The molecule has 0 atom stereocenters. The first-order valence-electron chi connectivity index (χ1n) is 6.54. The molecule has 0 aliphatic rings. The summed E-state index contributed by atoms with van der Waals surface area (Å²) in [5, 5.41) is 2.76. The Hall–Kier alpha value is -0.920. The molecule has 5 nitrogen and oxygen atoms in total. The highest BCUT2D eigenvalue weighted by molar-refractivity contribution is 9.10. The third kappa shape index (κ3) is 5.76. The third-order valence-corrected chi connectivity index (χ3v) is 5.06. The van der Waals surface area contributed by atoms with E-state index in [-0.39, 0.29) is 18.9 Å². The van der Waals surface area contributed by atoms with Crippen LogP contribution in [0.2, 0.25) is 0 Å². The number of carbonyl (C=O) groups excluding carboxylic acids is 1. The summed E-state index contributed by atoms with van der Waals surface area (Å²) in [4.78, 5) is 12.0. The number of amides is 1. The molecule has 1 N–H and O–H groups in total. The van der Waals surface area contributed by atoms with Crippen molar-refractivity contribution in [3.8, 4) is 0 Å². The number of sulfonamides is 1. The number of hydrogen-bond donors (Lipinski definition) is 1. The Kier molecular flexibility index (Phi) is 5.95. The lowest BCUT2D eigenvalue weighted by molar-refractivity contribution is -0.116. The van der Waals surface area contributed by atoms with Crippen LogP contribution in [0.25, 0.3) is 0 Å². The normalized spacial score (nSPS) is 12.5. The predicted octanol–water partition coefficient (Wildman–Crippen LogP) is 2.84. The molecule has 1 aromatic carbocycles. The number of anilines is 1. The summed E-state index contributed by atoms with van der Waals surface area (Å²) < 4.78 is 25.7. The number of nitrogens with one attached hydrogen (secondary N) is 1. The van der Waals surface area contributed by atoms with E-state index in [0.717, 1.165) is 10.7 Å². The fourth-order valence-corrected chi connectivity index (χ4v) is 3.78. The lowest BCUT2D eigenvalue weighted by Gasteiger charge is -2.33. The Balaban J connectivity index is 2.69. The molecule has 0 bridgehead atoms. The summed E-state index contributed by atoms with van der Waals surface area (Å²) in [6, 6.07) is 7.27. The molecule has 1 rings (SSSR count). The Bertz CT molecular complexity index is 609. The van der Waals surface area contributed by atoms with Crippen molar-refractivity contribution < 1.29 is 13.2 Å². The Morgan fingerprint density at radius 3 is 2.33 bits per heavy atom. The van der Waals surface area contributed by atoms with E-state index in [1.54, 1.807) is 26.8 Å². The van der Waals surface area contributed by atoms with Gasteiger partial charge in [-0.15, -0.1) is 0 Å². The van der Waals surface area contributed by atoms with Crippen LogP contribution in [0.5, 0.6) is 0 Å². The van der Waals surface area contributed by atoms with E-state index < -0.39 is 15.6 Å². The van der Waals surface area contributed by atoms with Crippen molar-refractivity contribution in [3.63, 3.8) is 0 Å². The quantitative estimate of drug-likeness (QED) is 0.858. The Morgan fingerprint density at radius 1 is 1.29 bits per heavy atom. The standard InChI is InChI=1S/C14H21BrN2O3S/c1-14(2,3)17(21(4,19)20)10-9-13(18)16-12-8-6-5-7-11(12)15/h5-8H,9-10H2,1-4H3,(H,16,18). The summed E-state index contributed by atoms with van der Waals surface area (Å²) in [5.41, 5.74) is 0.116. The summed E-state index contributed by atoms with van der Waals surface area (Å²) in [5.74, 6) is -0.222. The minimum atomic E-state index is -3.36. The van der Waals surface area contributed by atoms with E-state index in [9.17, 15) is 13.2 Å². The van der Waals surface area contributed by atoms with Crippen molar-refractivity contribution in [3.05, 3.63) is 28.7 Å². The van der Waals surface area contributed by atoms with Crippen molar-refractivity contribution >= 4 is 37.5 Å². The fraction of sp³-hybridized carbons (Fsp3) is 0.500. The first-order chi connectivity index (χ1) is 9.51. The van der Waals surface area contributed by atoms with Crippen LogP contribution >= 0.6 is 15.9 Å². The van der Waals surface area contributed by atoms with Gasteiger partial charge in [-0.3, -0.25) is 4.79 Å². The van der Waals surface area contributed by atoms with E-state index in [1.807, 2.05) is 18.2 Å². The van der Waals surface area contributed by atoms with Crippen LogP contribution < -0.4 is 5.32 Å². The smallest absolute Gasteiger partial charge is 0.225 e. The van der Waals surface area contributed by atoms with Crippen LogP contribution in [0.1, 0.15) is 27.2 Å². The lowest BCUT2D eigenvalue weighted by atomic mass is 10.1. The third-order valence-electron chi connectivity index (χ3n) is 2.84. The molecule has 0 saturated heterocycles. The number of carbonyl (C=O) groups is 1. The fourth-order valence-electron chi connectivity index (χ4n) is 1.98. The second kappa shape index (κ2) is 6.89. The molecule has 0 spiro atoms. The average Bonchev–Trinajstić information content (AvgIpc) is 2.28. The molecule has 0 heterocycles. The molecule has 118 valence electrons. The number of benzene rings is 1. The highest BCUT2D eigenvalue weighted by Crippen LogP contribution is 2.22. The molecule has 0 fully saturated rings. The number of halogens is 1. The van der Waals surface area contributed by atoms with Crippen molar-refractivity contribution in [2.45, 2.75) is 32.7 Å². The minimum Gasteiger partial charge on any atom is -0.325 e. The summed E-state index contributed by atoms with van der Waals surface area (Å²) >= 11 is 3.35. The molecule has 0 aromatic heterocycles. The number of rotatable bonds is 5. The zero-order valence-corrected chi connectivity index (χ0v) is 15.1. The highest BCUT2D eigenvalue weighted by Gasteiger charge is 2.29. The van der Waals surface area contributed by atoms with Gasteiger partial charge in [-0.25, -0.2) is 8.42 Å². The van der Waals surface area contributed by atoms with E-state index in [2.05, 4.69) is 21.2 Å². The maximum absolute atomic E-state index is 12.0. The van der Waals surface area contributed by atoms with Gasteiger partial charge in [0, 0.05) is 23.0 Å². The molecular weight excluding hydrogens is 356 g/mol. The second-order valence-corrected chi connectivity index (χ2v) is 8.55. The molecular formula is C14H21BrN2O3S. The number of para-hydroxylation sites is 1. The van der Waals surface area contributed by atoms with Crippen LogP contribution in [-0.4, -0.2) is 37.0 Å². The van der Waals surface area contributed by atoms with Crippen LogP contribution in [0.15, 0.2) is 28.7 Å². The zero-order valence-electron chi connectivity index (χ0n) is 12.7. The maximum Gasteiger partial charge on any atom is 0.225 e. The minimum absolute atomic E-state index is 0.103. The Morgan fingerprint density at radius 2 is 1.86 bits per heavy atom. The lowest BCUT2D eigenvalue weighted by Crippen LogP contribution is -2.46. The molecule has 0 radical (unpaired) electrons. The first kappa shape index (κ1) is 18.1. The molecule has 7 heteroatoms. The molecule has 0 saturated carbocycles. The van der Waals surface area contributed by atoms with Crippen LogP contribution in [-0.2, 0) is 14.8 Å². The molecule has 0 aliphatic carbocycles. The monoisotopic (exact) mass is 376 g/mol. The van der Waals surface area contributed by atoms with Crippen LogP contribution in [0.4, 0.5) is 5.69 Å². The van der Waals surface area contributed by atoms with E-state index in [1.165, 1.54) is 4.31 Å². The number of hydrogen-bond acceptors (Lipinski definition) is 3. The van der Waals surface area contributed by atoms with Crippen molar-refractivity contribution in [2.24, 2.45) is 0 Å². The maximum atomic E-state index is 12.0. The van der Waals surface area contributed by atoms with Gasteiger partial charge < -0.3 is 5.32 Å². The van der Waals surface area contributed by atoms with Gasteiger partial charge >= 0.3 is 0 Å². The molecule has 1 amide bonds. The molecule has 0 aliphatic heterocycles. The molecule has 21 heavy (non-hydrogen) atoms. The molecule has 0 unspecified atom stereocenters. The largest absolute Gasteiger partial charge is 0.325 e. The van der Waals surface area contributed by atoms with Gasteiger partial charge in [0.05, 0.1) is 11.9 Å². The van der Waals surface area contributed by atoms with Gasteiger partial charge in [0.2, 0.25) is 15.9 Å². The zero-order chi connectivity index (χ0) is 16.3. The van der Waals surface area contributed by atoms with Crippen molar-refractivity contribution in [2.75, 3.05) is 18.1 Å². The topological polar surface area (TPSA) is 66.5 Å². The highest BCUT2D eigenvalue weighted by atomic mass is 79.9. The summed E-state index contributed by atoms with van der Waals surface area (Å²) in [6.07, 6.45) is 1.26. The van der Waals surface area contributed by atoms with Crippen LogP contribution in [0, 0.1) is 0 Å². The van der Waals surface area contributed by atoms with Crippen molar-refractivity contribution in [1.29, 1.82) is 0 Å². The van der Waals surface area contributed by atoms with Gasteiger partial charge in [0.1, 0.15) is 0 Å². The average molecular weight is 377 g/mol. The predicted molar refractivity (Wildman–Crippen MR) is 88.7 cm³/mol. The van der Waals surface area contributed by atoms with E-state index in [0.29, 0.717) is 5.69 Å². The van der Waals surface area contributed by atoms with Crippen LogP contribution in [0.3, 0.4) is 0 Å². The summed E-state index contributed by atoms with van der Waals surface area (Å²) in [6.45, 7) is 5.57. The van der Waals surface area contributed by atoms with Gasteiger partial charge in [-0.2, -0.15) is 4.31 Å². The first-order valence-corrected chi connectivity index (χ1v) is 9.18. The van der Waals surface area contributed by atoms with Gasteiger partial charge in [-0.05, 0) is 48.8 Å². The van der Waals surface area contributed by atoms with E-state index >= 15 is 0 Å². The Labute approximate surface area is 134 Å². The second-order valence-electron chi connectivity index (χ2n) is 5.78.